The minimum Gasteiger partial charge on any atom is -0.406 e. The first-order valence-electron chi connectivity index (χ1n) is 10.7. The smallest absolute Gasteiger partial charge is 0.406 e. The fraction of sp³-hybridized carbons (Fsp3) is 0.280. The number of halogens is 3. The molecule has 180 valence electrons. The average molecular weight is 473 g/mol. The van der Waals surface area contributed by atoms with E-state index in [1.165, 1.54) is 36.4 Å². The first-order chi connectivity index (χ1) is 16.0. The standard InChI is InChI=1S/C25H27F3N4O2/c1-16-13-23(29-17(2)15-32(3)4)31-22-11-8-19(14-21(16)22)30-24(33)12-7-18-5-9-20(10-6-18)34-25(26,27)28/h5-14,17H,15H2,1-4H3,(H,29,31)(H,30,33). The topological polar surface area (TPSA) is 66.5 Å². The van der Waals surface area contributed by atoms with Crippen LogP contribution in [-0.4, -0.2) is 48.8 Å². The summed E-state index contributed by atoms with van der Waals surface area (Å²) in [6.07, 6.45) is -1.92. The number of nitrogens with one attached hydrogen (secondary N) is 2. The molecule has 0 fully saturated rings. The third kappa shape index (κ3) is 7.48. The fourth-order valence-corrected chi connectivity index (χ4v) is 3.53. The molecule has 2 aromatic carbocycles. The molecule has 1 unspecified atom stereocenters. The molecule has 1 atom stereocenters. The zero-order chi connectivity index (χ0) is 24.9. The van der Waals surface area contributed by atoms with E-state index in [1.54, 1.807) is 6.07 Å². The van der Waals surface area contributed by atoms with E-state index in [2.05, 4.69) is 32.2 Å². The van der Waals surface area contributed by atoms with Crippen molar-refractivity contribution in [2.75, 3.05) is 31.3 Å². The van der Waals surface area contributed by atoms with E-state index in [9.17, 15) is 18.0 Å². The fourth-order valence-electron chi connectivity index (χ4n) is 3.53. The Morgan fingerprint density at radius 1 is 1.15 bits per heavy atom. The maximum absolute atomic E-state index is 12.3. The van der Waals surface area contributed by atoms with Crippen LogP contribution in [0.25, 0.3) is 17.0 Å². The Morgan fingerprint density at radius 2 is 1.85 bits per heavy atom. The Balaban J connectivity index is 1.65. The summed E-state index contributed by atoms with van der Waals surface area (Å²) in [5.74, 6) is 0.113. The van der Waals surface area contributed by atoms with E-state index in [0.29, 0.717) is 11.3 Å². The van der Waals surface area contributed by atoms with E-state index in [4.69, 9.17) is 0 Å². The third-order valence-electron chi connectivity index (χ3n) is 4.86. The van der Waals surface area contributed by atoms with Crippen molar-refractivity contribution in [1.82, 2.24) is 9.88 Å². The van der Waals surface area contributed by atoms with Crippen molar-refractivity contribution in [3.63, 3.8) is 0 Å². The van der Waals surface area contributed by atoms with Gasteiger partial charge in [0.1, 0.15) is 11.6 Å². The molecule has 1 aromatic heterocycles. The number of fused-ring (bicyclic) bond motifs is 1. The van der Waals surface area contributed by atoms with Gasteiger partial charge in [0.05, 0.1) is 5.52 Å². The highest BCUT2D eigenvalue weighted by Gasteiger charge is 2.30. The zero-order valence-corrected chi connectivity index (χ0v) is 19.4. The number of pyridine rings is 1. The van der Waals surface area contributed by atoms with Crippen LogP contribution in [0.1, 0.15) is 18.1 Å². The largest absolute Gasteiger partial charge is 0.573 e. The highest BCUT2D eigenvalue weighted by molar-refractivity contribution is 6.03. The molecule has 3 rings (SSSR count). The lowest BCUT2D eigenvalue weighted by atomic mass is 10.1. The molecule has 0 radical (unpaired) electrons. The summed E-state index contributed by atoms with van der Waals surface area (Å²) in [4.78, 5) is 19.1. The van der Waals surface area contributed by atoms with Crippen LogP contribution >= 0.6 is 0 Å². The Bertz CT molecular complexity index is 1180. The van der Waals surface area contributed by atoms with Crippen molar-refractivity contribution in [3.05, 3.63) is 65.7 Å². The van der Waals surface area contributed by atoms with E-state index < -0.39 is 6.36 Å². The van der Waals surface area contributed by atoms with Crippen LogP contribution in [0.4, 0.5) is 24.7 Å². The van der Waals surface area contributed by atoms with E-state index in [-0.39, 0.29) is 17.7 Å². The maximum atomic E-state index is 12.3. The molecule has 1 amide bonds. The number of alkyl halides is 3. The van der Waals surface area contributed by atoms with Gasteiger partial charge in [-0.3, -0.25) is 4.79 Å². The lowest BCUT2D eigenvalue weighted by Crippen LogP contribution is -2.29. The van der Waals surface area contributed by atoms with Gasteiger partial charge in [0.25, 0.3) is 0 Å². The van der Waals surface area contributed by atoms with Gasteiger partial charge >= 0.3 is 6.36 Å². The molecule has 0 saturated heterocycles. The Hall–Kier alpha value is -3.59. The minimum atomic E-state index is -4.74. The molecule has 0 saturated carbocycles. The lowest BCUT2D eigenvalue weighted by molar-refractivity contribution is -0.274. The molecule has 3 aromatic rings. The van der Waals surface area contributed by atoms with Crippen molar-refractivity contribution >= 4 is 34.4 Å². The zero-order valence-electron chi connectivity index (χ0n) is 19.4. The second-order valence-electron chi connectivity index (χ2n) is 8.30. The van der Waals surface area contributed by atoms with Crippen LogP contribution in [0.5, 0.6) is 5.75 Å². The number of hydrogen-bond donors (Lipinski definition) is 2. The summed E-state index contributed by atoms with van der Waals surface area (Å²) in [6.45, 7) is 4.96. The summed E-state index contributed by atoms with van der Waals surface area (Å²) in [7, 11) is 4.04. The van der Waals surface area contributed by atoms with Crippen molar-refractivity contribution in [1.29, 1.82) is 0 Å². The molecule has 0 spiro atoms. The van der Waals surface area contributed by atoms with Gasteiger partial charge in [0.2, 0.25) is 5.91 Å². The molecular formula is C25H27F3N4O2. The first kappa shape index (κ1) is 25.0. The van der Waals surface area contributed by atoms with Gasteiger partial charge in [-0.15, -0.1) is 13.2 Å². The molecule has 6 nitrogen and oxygen atoms in total. The number of rotatable bonds is 8. The Morgan fingerprint density at radius 3 is 2.50 bits per heavy atom. The van der Waals surface area contributed by atoms with Gasteiger partial charge in [-0.05, 0) is 81.5 Å². The Labute approximate surface area is 196 Å². The number of ether oxygens (including phenoxy) is 1. The quantitative estimate of drug-likeness (QED) is 0.427. The predicted octanol–water partition coefficient (Wildman–Crippen LogP) is 5.46. The highest BCUT2D eigenvalue weighted by Crippen LogP contribution is 2.25. The van der Waals surface area contributed by atoms with Crippen LogP contribution in [0, 0.1) is 6.92 Å². The maximum Gasteiger partial charge on any atom is 0.573 e. The third-order valence-corrected chi connectivity index (χ3v) is 4.86. The number of amides is 1. The van der Waals surface area contributed by atoms with Crippen LogP contribution in [0.3, 0.4) is 0 Å². The van der Waals surface area contributed by atoms with Crippen LogP contribution in [0.2, 0.25) is 0 Å². The molecule has 2 N–H and O–H groups in total. The highest BCUT2D eigenvalue weighted by atomic mass is 19.4. The second-order valence-corrected chi connectivity index (χ2v) is 8.30. The summed E-state index contributed by atoms with van der Waals surface area (Å²) in [5, 5.41) is 7.12. The minimum absolute atomic E-state index is 0.234. The first-order valence-corrected chi connectivity index (χ1v) is 10.7. The number of hydrogen-bond acceptors (Lipinski definition) is 5. The van der Waals surface area contributed by atoms with Gasteiger partial charge < -0.3 is 20.3 Å². The number of benzene rings is 2. The number of carbonyl (C=O) groups is 1. The number of carbonyl (C=O) groups excluding carboxylic acids is 1. The van der Waals surface area contributed by atoms with Crippen LogP contribution in [-0.2, 0) is 4.79 Å². The number of nitrogens with zero attached hydrogens (tertiary/aromatic N) is 2. The number of anilines is 2. The molecule has 9 heteroatoms. The van der Waals surface area contributed by atoms with Gasteiger partial charge in [-0.25, -0.2) is 4.98 Å². The molecule has 1 heterocycles. The molecule has 0 aliphatic rings. The predicted molar refractivity (Wildman–Crippen MR) is 129 cm³/mol. The van der Waals surface area contributed by atoms with Crippen LogP contribution < -0.4 is 15.4 Å². The summed E-state index contributed by atoms with van der Waals surface area (Å²) >= 11 is 0. The number of likely N-dealkylation sites (N-methyl/N-ethyl adjacent to an activating group) is 1. The van der Waals surface area contributed by atoms with Gasteiger partial charge in [0.15, 0.2) is 0 Å². The summed E-state index contributed by atoms with van der Waals surface area (Å²) in [6, 6.07) is 12.9. The molecular weight excluding hydrogens is 445 g/mol. The second kappa shape index (κ2) is 10.6. The lowest BCUT2D eigenvalue weighted by Gasteiger charge is -2.19. The Kier molecular flexibility index (Phi) is 7.78. The van der Waals surface area contributed by atoms with E-state index in [1.807, 2.05) is 39.2 Å². The number of aromatic nitrogens is 1. The van der Waals surface area contributed by atoms with Gasteiger partial charge in [-0.1, -0.05) is 12.1 Å². The van der Waals surface area contributed by atoms with Crippen molar-refractivity contribution in [3.8, 4) is 5.75 Å². The van der Waals surface area contributed by atoms with Gasteiger partial charge in [0, 0.05) is 29.7 Å². The van der Waals surface area contributed by atoms with Gasteiger partial charge in [-0.2, -0.15) is 0 Å². The SMILES string of the molecule is Cc1cc(NC(C)CN(C)C)nc2ccc(NC(=O)C=Cc3ccc(OC(F)(F)F)cc3)cc12. The molecule has 0 bridgehead atoms. The average Bonchev–Trinajstić information content (AvgIpc) is 2.72. The van der Waals surface area contributed by atoms with Crippen molar-refractivity contribution < 1.29 is 22.7 Å². The summed E-state index contributed by atoms with van der Waals surface area (Å²) in [5.41, 5.74) is 3.01. The summed E-state index contributed by atoms with van der Waals surface area (Å²) < 4.78 is 40.5. The number of aryl methyl sites for hydroxylation is 1. The molecule has 0 aliphatic carbocycles. The molecule has 0 aliphatic heterocycles. The van der Waals surface area contributed by atoms with E-state index in [0.717, 1.165) is 28.8 Å². The van der Waals surface area contributed by atoms with Crippen molar-refractivity contribution in [2.45, 2.75) is 26.3 Å². The van der Waals surface area contributed by atoms with E-state index >= 15 is 0 Å². The van der Waals surface area contributed by atoms with Crippen LogP contribution in [0.15, 0.2) is 54.6 Å². The molecule has 34 heavy (non-hydrogen) atoms. The van der Waals surface area contributed by atoms with Crippen molar-refractivity contribution in [2.24, 2.45) is 0 Å². The monoisotopic (exact) mass is 472 g/mol. The normalized spacial score (nSPS) is 12.8.